The molecule has 6 heteroatoms. The van der Waals surface area contributed by atoms with E-state index in [9.17, 15) is 19.5 Å². The third-order valence-electron chi connectivity index (χ3n) is 3.46. The Labute approximate surface area is 132 Å². The molecule has 118 valence electrons. The van der Waals surface area contributed by atoms with E-state index in [2.05, 4.69) is 5.32 Å². The van der Waals surface area contributed by atoms with Crippen LogP contribution < -0.4 is 5.32 Å². The normalized spacial score (nSPS) is 10.2. The van der Waals surface area contributed by atoms with Gasteiger partial charge in [0.15, 0.2) is 0 Å². The van der Waals surface area contributed by atoms with Crippen LogP contribution in [0, 0.1) is 13.8 Å². The van der Waals surface area contributed by atoms with Crippen molar-refractivity contribution in [1.82, 2.24) is 0 Å². The zero-order chi connectivity index (χ0) is 17.1. The number of benzene rings is 2. The van der Waals surface area contributed by atoms with E-state index < -0.39 is 17.8 Å². The minimum absolute atomic E-state index is 0.0925. The minimum Gasteiger partial charge on any atom is -0.478 e. The summed E-state index contributed by atoms with van der Waals surface area (Å²) < 4.78 is 0. The van der Waals surface area contributed by atoms with Gasteiger partial charge in [-0.15, -0.1) is 0 Å². The van der Waals surface area contributed by atoms with Crippen LogP contribution in [0.25, 0.3) is 0 Å². The van der Waals surface area contributed by atoms with Gasteiger partial charge >= 0.3 is 11.9 Å². The van der Waals surface area contributed by atoms with Gasteiger partial charge in [-0.3, -0.25) is 4.79 Å². The third kappa shape index (κ3) is 3.37. The van der Waals surface area contributed by atoms with E-state index in [4.69, 9.17) is 5.11 Å². The van der Waals surface area contributed by atoms with Crippen LogP contribution in [-0.2, 0) is 0 Å². The van der Waals surface area contributed by atoms with Crippen LogP contribution >= 0.6 is 0 Å². The highest BCUT2D eigenvalue weighted by atomic mass is 16.4. The van der Waals surface area contributed by atoms with Crippen molar-refractivity contribution in [3.8, 4) is 0 Å². The van der Waals surface area contributed by atoms with Crippen molar-refractivity contribution < 1.29 is 24.6 Å². The zero-order valence-corrected chi connectivity index (χ0v) is 12.6. The van der Waals surface area contributed by atoms with Crippen LogP contribution in [0.3, 0.4) is 0 Å². The van der Waals surface area contributed by atoms with Gasteiger partial charge in [-0.1, -0.05) is 18.2 Å². The number of hydrogen-bond donors (Lipinski definition) is 3. The standard InChI is InChI=1S/C17H15NO5/c1-9-4-3-5-10(2)14(9)18-15(19)12-7-6-11(16(20)21)8-13(12)17(22)23/h3-8H,1-2H3,(H,18,19)(H,20,21)(H,22,23). The monoisotopic (exact) mass is 313 g/mol. The van der Waals surface area contributed by atoms with Gasteiger partial charge < -0.3 is 15.5 Å². The number of carboxylic acid groups (broad SMARTS) is 2. The lowest BCUT2D eigenvalue weighted by molar-refractivity contribution is 0.0692. The van der Waals surface area contributed by atoms with Crippen molar-refractivity contribution in [3.63, 3.8) is 0 Å². The summed E-state index contributed by atoms with van der Waals surface area (Å²) in [5, 5.41) is 20.8. The van der Waals surface area contributed by atoms with E-state index >= 15 is 0 Å². The molecule has 0 aliphatic rings. The molecule has 0 saturated heterocycles. The zero-order valence-electron chi connectivity index (χ0n) is 12.6. The molecule has 2 aromatic rings. The Hall–Kier alpha value is -3.15. The van der Waals surface area contributed by atoms with Gasteiger partial charge in [0.05, 0.1) is 16.7 Å². The lowest BCUT2D eigenvalue weighted by atomic mass is 10.0. The maximum atomic E-state index is 12.4. The number of nitrogens with one attached hydrogen (secondary N) is 1. The molecule has 0 aliphatic carbocycles. The number of para-hydroxylation sites is 1. The largest absolute Gasteiger partial charge is 0.478 e. The molecule has 0 aromatic heterocycles. The molecule has 0 aliphatic heterocycles. The molecule has 0 unspecified atom stereocenters. The van der Waals surface area contributed by atoms with E-state index in [1.807, 2.05) is 32.0 Å². The number of hydrogen-bond acceptors (Lipinski definition) is 3. The predicted octanol–water partition coefficient (Wildman–Crippen LogP) is 2.95. The number of carboxylic acids is 2. The predicted molar refractivity (Wildman–Crippen MR) is 84.2 cm³/mol. The van der Waals surface area contributed by atoms with Gasteiger partial charge in [-0.05, 0) is 43.2 Å². The summed E-state index contributed by atoms with van der Waals surface area (Å²) in [7, 11) is 0. The van der Waals surface area contributed by atoms with Crippen molar-refractivity contribution in [2.24, 2.45) is 0 Å². The topological polar surface area (TPSA) is 104 Å². The fourth-order valence-corrected chi connectivity index (χ4v) is 2.24. The Morgan fingerprint density at radius 2 is 1.48 bits per heavy atom. The molecule has 0 heterocycles. The number of carbonyl (C=O) groups is 3. The van der Waals surface area contributed by atoms with Crippen molar-refractivity contribution in [1.29, 1.82) is 0 Å². The van der Waals surface area contributed by atoms with E-state index in [0.29, 0.717) is 5.69 Å². The first-order valence-corrected chi connectivity index (χ1v) is 6.79. The lowest BCUT2D eigenvalue weighted by Crippen LogP contribution is -2.18. The minimum atomic E-state index is -1.36. The maximum absolute atomic E-state index is 12.4. The molecule has 0 fully saturated rings. The summed E-state index contributed by atoms with van der Waals surface area (Å²) in [5.41, 5.74) is 1.66. The first kappa shape index (κ1) is 16.2. The number of anilines is 1. The SMILES string of the molecule is Cc1cccc(C)c1NC(=O)c1ccc(C(=O)O)cc1C(=O)O. The van der Waals surface area contributed by atoms with Gasteiger partial charge in [0.25, 0.3) is 5.91 Å². The fraction of sp³-hybridized carbons (Fsp3) is 0.118. The highest BCUT2D eigenvalue weighted by Gasteiger charge is 2.20. The molecule has 0 spiro atoms. The van der Waals surface area contributed by atoms with Crippen LogP contribution in [0.1, 0.15) is 42.2 Å². The molecule has 6 nitrogen and oxygen atoms in total. The quantitative estimate of drug-likeness (QED) is 0.805. The Morgan fingerprint density at radius 1 is 0.870 bits per heavy atom. The van der Waals surface area contributed by atoms with Gasteiger partial charge in [0.1, 0.15) is 0 Å². The molecule has 0 radical (unpaired) electrons. The molecule has 1 amide bonds. The smallest absolute Gasteiger partial charge is 0.336 e. The summed E-state index contributed by atoms with van der Waals surface area (Å²) in [5.74, 6) is -3.22. The van der Waals surface area contributed by atoms with Crippen molar-refractivity contribution in [2.45, 2.75) is 13.8 Å². The van der Waals surface area contributed by atoms with Crippen molar-refractivity contribution >= 4 is 23.5 Å². The van der Waals surface area contributed by atoms with Crippen LogP contribution in [-0.4, -0.2) is 28.1 Å². The van der Waals surface area contributed by atoms with Gasteiger partial charge in [-0.2, -0.15) is 0 Å². The van der Waals surface area contributed by atoms with E-state index in [1.54, 1.807) is 0 Å². The highest BCUT2D eigenvalue weighted by molar-refractivity contribution is 6.12. The Morgan fingerprint density at radius 3 is 2.00 bits per heavy atom. The molecular weight excluding hydrogens is 298 g/mol. The number of rotatable bonds is 4. The number of amides is 1. The number of aromatic carboxylic acids is 2. The number of carbonyl (C=O) groups excluding carboxylic acids is 1. The molecule has 0 atom stereocenters. The Balaban J connectivity index is 2.43. The molecule has 3 N–H and O–H groups in total. The van der Waals surface area contributed by atoms with Gasteiger partial charge in [0, 0.05) is 5.69 Å². The van der Waals surface area contributed by atoms with Gasteiger partial charge in [-0.25, -0.2) is 9.59 Å². The second-order valence-corrected chi connectivity index (χ2v) is 5.09. The summed E-state index contributed by atoms with van der Waals surface area (Å²) in [6, 6.07) is 8.89. The van der Waals surface area contributed by atoms with Crippen LogP contribution in [0.5, 0.6) is 0 Å². The third-order valence-corrected chi connectivity index (χ3v) is 3.46. The average Bonchev–Trinajstić information content (AvgIpc) is 2.50. The first-order valence-electron chi connectivity index (χ1n) is 6.79. The molecule has 2 aromatic carbocycles. The lowest BCUT2D eigenvalue weighted by Gasteiger charge is -2.13. The maximum Gasteiger partial charge on any atom is 0.336 e. The van der Waals surface area contributed by atoms with Crippen LogP contribution in [0.4, 0.5) is 5.69 Å². The molecule has 0 saturated carbocycles. The van der Waals surface area contributed by atoms with E-state index in [0.717, 1.165) is 17.2 Å². The molecule has 0 bridgehead atoms. The Kier molecular flexibility index (Phi) is 4.45. The first-order chi connectivity index (χ1) is 10.8. The highest BCUT2D eigenvalue weighted by Crippen LogP contribution is 2.21. The summed E-state index contributed by atoms with van der Waals surface area (Å²) in [6.07, 6.45) is 0. The van der Waals surface area contributed by atoms with Crippen LogP contribution in [0.15, 0.2) is 36.4 Å². The summed E-state index contributed by atoms with van der Waals surface area (Å²) >= 11 is 0. The van der Waals surface area contributed by atoms with Crippen molar-refractivity contribution in [2.75, 3.05) is 5.32 Å². The summed E-state index contributed by atoms with van der Waals surface area (Å²) in [4.78, 5) is 34.7. The summed E-state index contributed by atoms with van der Waals surface area (Å²) in [6.45, 7) is 3.66. The average molecular weight is 313 g/mol. The van der Waals surface area contributed by atoms with E-state index in [-0.39, 0.29) is 16.7 Å². The van der Waals surface area contributed by atoms with Gasteiger partial charge in [0.2, 0.25) is 0 Å². The Bertz CT molecular complexity index is 790. The van der Waals surface area contributed by atoms with Crippen molar-refractivity contribution in [3.05, 3.63) is 64.2 Å². The molecule has 2 rings (SSSR count). The molecular formula is C17H15NO5. The molecule has 23 heavy (non-hydrogen) atoms. The van der Waals surface area contributed by atoms with E-state index in [1.165, 1.54) is 12.1 Å². The number of aryl methyl sites for hydroxylation is 2. The van der Waals surface area contributed by atoms with Crippen LogP contribution in [0.2, 0.25) is 0 Å². The second-order valence-electron chi connectivity index (χ2n) is 5.09. The fourth-order valence-electron chi connectivity index (χ4n) is 2.24. The second kappa shape index (κ2) is 6.31.